The van der Waals surface area contributed by atoms with Gasteiger partial charge >= 0.3 is 5.97 Å². The second kappa shape index (κ2) is 14.3. The van der Waals surface area contributed by atoms with Gasteiger partial charge in [0.15, 0.2) is 0 Å². The van der Waals surface area contributed by atoms with Gasteiger partial charge in [0.1, 0.15) is 30.0 Å². The van der Waals surface area contributed by atoms with E-state index in [1.807, 2.05) is 33.8 Å². The van der Waals surface area contributed by atoms with Crippen molar-refractivity contribution < 1.29 is 33.4 Å². The zero-order chi connectivity index (χ0) is 32.8. The summed E-state index contributed by atoms with van der Waals surface area (Å²) in [6, 6.07) is 12.3. The van der Waals surface area contributed by atoms with Crippen molar-refractivity contribution in [3.63, 3.8) is 0 Å². The first-order valence-electron chi connectivity index (χ1n) is 14.7. The van der Waals surface area contributed by atoms with E-state index in [4.69, 9.17) is 9.47 Å². The van der Waals surface area contributed by atoms with Crippen LogP contribution in [0.2, 0.25) is 0 Å². The first-order valence-corrected chi connectivity index (χ1v) is 14.7. The van der Waals surface area contributed by atoms with Crippen molar-refractivity contribution in [1.29, 1.82) is 0 Å². The fourth-order valence-corrected chi connectivity index (χ4v) is 4.64. The van der Waals surface area contributed by atoms with Gasteiger partial charge in [-0.15, -0.1) is 0 Å². The third-order valence-electron chi connectivity index (χ3n) is 6.66. The summed E-state index contributed by atoms with van der Waals surface area (Å²) < 4.78 is 11.1. The highest BCUT2D eigenvalue weighted by Gasteiger charge is 2.47. The number of amides is 3. The van der Waals surface area contributed by atoms with Crippen LogP contribution in [0.3, 0.4) is 0 Å². The van der Waals surface area contributed by atoms with Crippen molar-refractivity contribution in [3.05, 3.63) is 82.9 Å². The van der Waals surface area contributed by atoms with Crippen LogP contribution in [0, 0.1) is 5.92 Å². The third-order valence-corrected chi connectivity index (χ3v) is 6.66. The van der Waals surface area contributed by atoms with Gasteiger partial charge in [0, 0.05) is 5.57 Å². The van der Waals surface area contributed by atoms with Crippen LogP contribution >= 0.6 is 0 Å². The SMILES string of the molecule is CC(C)=CCOc1ccc(C2=C(CC(C)C)C(=O)N(C(C(=O)C(=O)NC(C)C(=O)OC(C)(C)C)c3ccccc3)C2=O)cc1. The Labute approximate surface area is 259 Å². The summed E-state index contributed by atoms with van der Waals surface area (Å²) in [6.45, 7) is 14.7. The van der Waals surface area contributed by atoms with Crippen molar-refractivity contribution in [2.24, 2.45) is 5.92 Å². The molecule has 0 radical (unpaired) electrons. The van der Waals surface area contributed by atoms with Crippen LogP contribution in [0.1, 0.15) is 79.0 Å². The molecule has 2 aromatic carbocycles. The number of imide groups is 1. The molecule has 1 N–H and O–H groups in total. The number of Topliss-reactive ketones (excluding diaryl/α,β-unsaturated/α-hetero) is 1. The quantitative estimate of drug-likeness (QED) is 0.150. The Morgan fingerprint density at radius 3 is 2.07 bits per heavy atom. The lowest BCUT2D eigenvalue weighted by molar-refractivity contribution is -0.159. The summed E-state index contributed by atoms with van der Waals surface area (Å²) in [5.41, 5.74) is 1.54. The molecule has 2 unspecified atom stereocenters. The van der Waals surface area contributed by atoms with Crippen LogP contribution in [-0.2, 0) is 28.7 Å². The number of carbonyl (C=O) groups excluding carboxylic acids is 5. The highest BCUT2D eigenvalue weighted by atomic mass is 16.6. The van der Waals surface area contributed by atoms with Gasteiger partial charge in [-0.05, 0) is 83.2 Å². The van der Waals surface area contributed by atoms with Crippen LogP contribution in [0.4, 0.5) is 0 Å². The summed E-state index contributed by atoms with van der Waals surface area (Å²) in [5.74, 6) is -3.60. The maximum Gasteiger partial charge on any atom is 0.328 e. The number of hydrogen-bond donors (Lipinski definition) is 1. The molecule has 0 fully saturated rings. The van der Waals surface area contributed by atoms with Crippen molar-refractivity contribution in [3.8, 4) is 5.75 Å². The molecule has 1 aliphatic heterocycles. The van der Waals surface area contributed by atoms with Gasteiger partial charge in [0.2, 0.25) is 5.78 Å². The first kappa shape index (κ1) is 34.0. The minimum absolute atomic E-state index is 0.0206. The normalized spacial score (nSPS) is 14.8. The lowest BCUT2D eigenvalue weighted by atomic mass is 9.95. The summed E-state index contributed by atoms with van der Waals surface area (Å²) in [7, 11) is 0. The van der Waals surface area contributed by atoms with Gasteiger partial charge in [0.05, 0.1) is 5.57 Å². The zero-order valence-electron chi connectivity index (χ0n) is 26.7. The van der Waals surface area contributed by atoms with Crippen LogP contribution in [-0.4, -0.2) is 52.6 Å². The molecule has 0 bridgehead atoms. The number of hydrogen-bond acceptors (Lipinski definition) is 7. The fraction of sp³-hybridized carbons (Fsp3) is 0.400. The number of rotatable bonds is 12. The predicted molar refractivity (Wildman–Crippen MR) is 167 cm³/mol. The Balaban J connectivity index is 1.99. The summed E-state index contributed by atoms with van der Waals surface area (Å²) in [5, 5.41) is 2.38. The Kier molecular flexibility index (Phi) is 11.0. The Morgan fingerprint density at radius 2 is 1.52 bits per heavy atom. The van der Waals surface area contributed by atoms with E-state index in [2.05, 4.69) is 5.32 Å². The fourth-order valence-electron chi connectivity index (χ4n) is 4.64. The molecule has 3 amide bonds. The zero-order valence-corrected chi connectivity index (χ0v) is 26.7. The summed E-state index contributed by atoms with van der Waals surface area (Å²) >= 11 is 0. The van der Waals surface area contributed by atoms with Crippen LogP contribution in [0.25, 0.3) is 5.57 Å². The van der Waals surface area contributed by atoms with Gasteiger partial charge in [-0.1, -0.05) is 61.9 Å². The molecule has 2 atom stereocenters. The smallest absolute Gasteiger partial charge is 0.328 e. The molecule has 0 saturated heterocycles. The average molecular weight is 603 g/mol. The molecule has 44 heavy (non-hydrogen) atoms. The van der Waals surface area contributed by atoms with Crippen LogP contribution in [0.5, 0.6) is 5.75 Å². The van der Waals surface area contributed by atoms with Crippen molar-refractivity contribution in [2.75, 3.05) is 6.61 Å². The van der Waals surface area contributed by atoms with E-state index in [0.29, 0.717) is 17.9 Å². The predicted octanol–water partition coefficient (Wildman–Crippen LogP) is 5.36. The molecule has 234 valence electrons. The molecule has 2 aromatic rings. The number of ketones is 1. The molecule has 3 rings (SSSR count). The third kappa shape index (κ3) is 8.52. The van der Waals surface area contributed by atoms with E-state index in [0.717, 1.165) is 10.5 Å². The van der Waals surface area contributed by atoms with Crippen molar-refractivity contribution in [2.45, 2.75) is 79.5 Å². The topological polar surface area (TPSA) is 119 Å². The highest BCUT2D eigenvalue weighted by molar-refractivity contribution is 6.42. The summed E-state index contributed by atoms with van der Waals surface area (Å²) in [4.78, 5) is 68.5. The van der Waals surface area contributed by atoms with E-state index in [9.17, 15) is 24.0 Å². The monoisotopic (exact) mass is 602 g/mol. The van der Waals surface area contributed by atoms with Gasteiger partial charge in [0.25, 0.3) is 17.7 Å². The second-order valence-corrected chi connectivity index (χ2v) is 12.5. The Hall–Kier alpha value is -4.53. The summed E-state index contributed by atoms with van der Waals surface area (Å²) in [6.07, 6.45) is 2.23. The van der Waals surface area contributed by atoms with Gasteiger partial charge in [-0.3, -0.25) is 24.1 Å². The molecule has 1 heterocycles. The Bertz CT molecular complexity index is 1460. The Morgan fingerprint density at radius 1 is 0.909 bits per heavy atom. The number of allylic oxidation sites excluding steroid dienone is 1. The minimum atomic E-state index is -1.55. The van der Waals surface area contributed by atoms with Crippen LogP contribution < -0.4 is 10.1 Å². The minimum Gasteiger partial charge on any atom is -0.490 e. The average Bonchev–Trinajstić information content (AvgIpc) is 3.17. The molecule has 0 aliphatic carbocycles. The van der Waals surface area contributed by atoms with Gasteiger partial charge < -0.3 is 14.8 Å². The van der Waals surface area contributed by atoms with Crippen molar-refractivity contribution >= 4 is 35.0 Å². The molecular weight excluding hydrogens is 560 g/mol. The molecule has 0 aromatic heterocycles. The van der Waals surface area contributed by atoms with E-state index in [1.165, 1.54) is 6.92 Å². The number of carbonyl (C=O) groups is 5. The number of ether oxygens (including phenoxy) is 2. The molecule has 0 saturated carbocycles. The van der Waals surface area contributed by atoms with Gasteiger partial charge in [-0.2, -0.15) is 0 Å². The number of nitrogens with one attached hydrogen (secondary N) is 1. The van der Waals surface area contributed by atoms with E-state index >= 15 is 0 Å². The molecular formula is C35H42N2O7. The largest absolute Gasteiger partial charge is 0.490 e. The van der Waals surface area contributed by atoms with E-state index in [-0.39, 0.29) is 29.0 Å². The molecule has 1 aliphatic rings. The van der Waals surface area contributed by atoms with Crippen LogP contribution in [0.15, 0.2) is 71.8 Å². The number of nitrogens with zero attached hydrogens (tertiary/aromatic N) is 1. The lowest BCUT2D eigenvalue weighted by Gasteiger charge is -2.27. The molecule has 9 heteroatoms. The van der Waals surface area contributed by atoms with E-state index in [1.54, 1.807) is 75.4 Å². The number of benzene rings is 2. The maximum absolute atomic E-state index is 14.1. The maximum atomic E-state index is 14.1. The standard InChI is InChI=1S/C35H42N2O7/c1-21(2)18-19-43-26-16-14-24(15-17-26)28-27(20-22(3)4)32(40)37(33(28)41)29(25-12-10-9-11-13-25)30(38)31(39)36-23(5)34(42)44-35(6,7)8/h9-18,22-23,29H,19-20H2,1-8H3,(H,36,39). The van der Waals surface area contributed by atoms with E-state index < -0.39 is 47.2 Å². The molecule has 0 spiro atoms. The highest BCUT2D eigenvalue weighted by Crippen LogP contribution is 2.38. The van der Waals surface area contributed by atoms with Crippen molar-refractivity contribution in [1.82, 2.24) is 10.2 Å². The van der Waals surface area contributed by atoms with Gasteiger partial charge in [-0.25, -0.2) is 4.79 Å². The lowest BCUT2D eigenvalue weighted by Crippen LogP contribution is -2.49. The second-order valence-electron chi connectivity index (χ2n) is 12.5. The first-order chi connectivity index (χ1) is 20.6. The molecule has 9 nitrogen and oxygen atoms in total. The number of esters is 1.